The Balaban J connectivity index is 2.00. The van der Waals surface area contributed by atoms with E-state index < -0.39 is 0 Å². The van der Waals surface area contributed by atoms with Crippen LogP contribution in [0.1, 0.15) is 11.1 Å². The molecule has 0 fully saturated rings. The van der Waals surface area contributed by atoms with E-state index in [1.165, 1.54) is 11.1 Å². The van der Waals surface area contributed by atoms with Crippen LogP contribution in [0, 0.1) is 0 Å². The van der Waals surface area contributed by atoms with Gasteiger partial charge in [-0.3, -0.25) is 0 Å². The summed E-state index contributed by atoms with van der Waals surface area (Å²) in [6.07, 6.45) is 5.46. The molecule has 0 unspecified atom stereocenters. The van der Waals surface area contributed by atoms with Crippen molar-refractivity contribution in [2.75, 3.05) is 11.5 Å². The molecule has 4 aromatic carbocycles. The fourth-order valence-corrected chi connectivity index (χ4v) is 4.27. The van der Waals surface area contributed by atoms with Gasteiger partial charge in [0.25, 0.3) is 0 Å². The molecule has 0 radical (unpaired) electrons. The zero-order chi connectivity index (χ0) is 22.5. The second-order valence-corrected chi connectivity index (χ2v) is 7.91. The largest absolute Gasteiger partial charge is 0.399 e. The third-order valence-electron chi connectivity index (χ3n) is 5.72. The Labute approximate surface area is 190 Å². The van der Waals surface area contributed by atoms with Crippen molar-refractivity contribution in [3.63, 3.8) is 0 Å². The Morgan fingerprint density at radius 3 is 1.31 bits per heavy atom. The smallest absolute Gasteiger partial charge is 0.0320 e. The minimum Gasteiger partial charge on any atom is -0.399 e. The van der Waals surface area contributed by atoms with Gasteiger partial charge in [0.1, 0.15) is 0 Å². The fraction of sp³-hybridized carbons (Fsp3) is 0.0667. The SMILES string of the molecule is C=CCc1ccccc1-c1cc(N)ccc1-c1ccc(N)cc1-c1ccccc1CC=C. The Morgan fingerprint density at radius 1 is 0.500 bits per heavy atom. The summed E-state index contributed by atoms with van der Waals surface area (Å²) >= 11 is 0. The molecule has 0 saturated carbocycles. The lowest BCUT2D eigenvalue weighted by atomic mass is 9.85. The highest BCUT2D eigenvalue weighted by Crippen LogP contribution is 2.41. The molecule has 0 heterocycles. The van der Waals surface area contributed by atoms with Crippen molar-refractivity contribution in [1.82, 2.24) is 0 Å². The third-order valence-corrected chi connectivity index (χ3v) is 5.72. The zero-order valence-corrected chi connectivity index (χ0v) is 18.2. The molecule has 0 bridgehead atoms. The summed E-state index contributed by atoms with van der Waals surface area (Å²) in [6, 6.07) is 29.1. The number of hydrogen-bond acceptors (Lipinski definition) is 2. The number of nitrogen functional groups attached to an aromatic ring is 2. The van der Waals surface area contributed by atoms with E-state index in [0.717, 1.165) is 57.6 Å². The standard InChI is InChI=1S/C30H28N2/c1-3-9-21-11-5-7-13-25(21)29-19-23(31)15-17-27(29)28-18-16-24(32)20-30(28)26-14-8-6-12-22(26)10-4-2/h3-8,11-20H,1-2,9-10,31-32H2. The molecule has 0 spiro atoms. The number of hydrogen-bond donors (Lipinski definition) is 2. The Hall–Kier alpha value is -4.04. The first-order valence-corrected chi connectivity index (χ1v) is 10.8. The maximum absolute atomic E-state index is 6.25. The van der Waals surface area contributed by atoms with Gasteiger partial charge in [-0.2, -0.15) is 0 Å². The first-order chi connectivity index (χ1) is 15.6. The van der Waals surface area contributed by atoms with Crippen LogP contribution in [-0.4, -0.2) is 0 Å². The molecule has 0 aliphatic rings. The number of benzene rings is 4. The summed E-state index contributed by atoms with van der Waals surface area (Å²) < 4.78 is 0. The first kappa shape index (κ1) is 21.2. The molecule has 4 rings (SSSR count). The molecule has 4 N–H and O–H groups in total. The molecule has 0 saturated heterocycles. The number of anilines is 2. The van der Waals surface area contributed by atoms with Crippen LogP contribution in [0.15, 0.2) is 110 Å². The maximum atomic E-state index is 6.25. The highest BCUT2D eigenvalue weighted by molar-refractivity contribution is 5.95. The van der Waals surface area contributed by atoms with Gasteiger partial charge in [0.15, 0.2) is 0 Å². The average Bonchev–Trinajstić information content (AvgIpc) is 2.80. The molecule has 2 nitrogen and oxygen atoms in total. The van der Waals surface area contributed by atoms with Crippen LogP contribution >= 0.6 is 0 Å². The number of allylic oxidation sites excluding steroid dienone is 2. The Kier molecular flexibility index (Phi) is 6.23. The lowest BCUT2D eigenvalue weighted by molar-refractivity contribution is 1.28. The van der Waals surface area contributed by atoms with Gasteiger partial charge < -0.3 is 11.5 Å². The predicted molar refractivity (Wildman–Crippen MR) is 139 cm³/mol. The van der Waals surface area contributed by atoms with E-state index in [0.29, 0.717) is 0 Å². The van der Waals surface area contributed by atoms with Crippen molar-refractivity contribution in [3.05, 3.63) is 121 Å². The average molecular weight is 417 g/mol. The van der Waals surface area contributed by atoms with E-state index >= 15 is 0 Å². The quantitative estimate of drug-likeness (QED) is 0.245. The predicted octanol–water partition coefficient (Wildman–Crippen LogP) is 7.31. The van der Waals surface area contributed by atoms with Crippen molar-refractivity contribution in [2.45, 2.75) is 12.8 Å². The van der Waals surface area contributed by atoms with Crippen molar-refractivity contribution >= 4 is 11.4 Å². The molecule has 0 atom stereocenters. The van der Waals surface area contributed by atoms with Gasteiger partial charge in [-0.05, 0) is 81.6 Å². The monoisotopic (exact) mass is 416 g/mol. The lowest BCUT2D eigenvalue weighted by Crippen LogP contribution is -1.97. The summed E-state index contributed by atoms with van der Waals surface area (Å²) in [6.45, 7) is 7.87. The second-order valence-electron chi connectivity index (χ2n) is 7.91. The third kappa shape index (κ3) is 4.21. The normalized spacial score (nSPS) is 10.6. The number of rotatable bonds is 7. The van der Waals surface area contributed by atoms with Crippen molar-refractivity contribution < 1.29 is 0 Å². The van der Waals surface area contributed by atoms with Crippen LogP contribution in [0.2, 0.25) is 0 Å². The maximum Gasteiger partial charge on any atom is 0.0320 e. The van der Waals surface area contributed by atoms with Crippen molar-refractivity contribution in [3.8, 4) is 33.4 Å². The molecule has 0 amide bonds. The molecule has 0 aliphatic heterocycles. The second kappa shape index (κ2) is 9.40. The Bertz CT molecular complexity index is 1180. The fourth-order valence-electron chi connectivity index (χ4n) is 4.27. The van der Waals surface area contributed by atoms with Gasteiger partial charge in [0, 0.05) is 11.4 Å². The molecule has 32 heavy (non-hydrogen) atoms. The molecule has 2 heteroatoms. The number of nitrogens with two attached hydrogens (primary N) is 2. The van der Waals surface area contributed by atoms with E-state index in [1.807, 2.05) is 24.3 Å². The van der Waals surface area contributed by atoms with E-state index in [-0.39, 0.29) is 0 Å². The highest BCUT2D eigenvalue weighted by atomic mass is 14.5. The van der Waals surface area contributed by atoms with Crippen molar-refractivity contribution in [1.29, 1.82) is 0 Å². The lowest BCUT2D eigenvalue weighted by Gasteiger charge is -2.19. The van der Waals surface area contributed by atoms with Gasteiger partial charge in [-0.1, -0.05) is 72.8 Å². The summed E-state index contributed by atoms with van der Waals surface area (Å²) in [4.78, 5) is 0. The van der Waals surface area contributed by atoms with Crippen LogP contribution < -0.4 is 11.5 Å². The minimum atomic E-state index is 0.737. The zero-order valence-electron chi connectivity index (χ0n) is 18.2. The van der Waals surface area contributed by atoms with Crippen molar-refractivity contribution in [2.24, 2.45) is 0 Å². The van der Waals surface area contributed by atoms with Crippen LogP contribution in [0.5, 0.6) is 0 Å². The van der Waals surface area contributed by atoms with Gasteiger partial charge in [-0.25, -0.2) is 0 Å². The molecule has 0 aromatic heterocycles. The van der Waals surface area contributed by atoms with Crippen LogP contribution in [0.4, 0.5) is 11.4 Å². The topological polar surface area (TPSA) is 52.0 Å². The molecular weight excluding hydrogens is 388 g/mol. The van der Waals surface area contributed by atoms with Gasteiger partial charge >= 0.3 is 0 Å². The van der Waals surface area contributed by atoms with Crippen LogP contribution in [0.25, 0.3) is 33.4 Å². The van der Waals surface area contributed by atoms with Gasteiger partial charge in [0.2, 0.25) is 0 Å². The molecule has 0 aliphatic carbocycles. The first-order valence-electron chi connectivity index (χ1n) is 10.8. The van der Waals surface area contributed by atoms with E-state index in [1.54, 1.807) is 0 Å². The molecular formula is C30H28N2. The Morgan fingerprint density at radius 2 is 0.906 bits per heavy atom. The molecule has 158 valence electrons. The van der Waals surface area contributed by atoms with E-state index in [2.05, 4.69) is 86.0 Å². The van der Waals surface area contributed by atoms with Gasteiger partial charge in [0.05, 0.1) is 0 Å². The van der Waals surface area contributed by atoms with Crippen LogP contribution in [-0.2, 0) is 12.8 Å². The summed E-state index contributed by atoms with van der Waals surface area (Å²) in [5, 5.41) is 0. The van der Waals surface area contributed by atoms with Crippen LogP contribution in [0.3, 0.4) is 0 Å². The van der Waals surface area contributed by atoms with E-state index in [4.69, 9.17) is 11.5 Å². The molecule has 4 aromatic rings. The van der Waals surface area contributed by atoms with E-state index in [9.17, 15) is 0 Å². The summed E-state index contributed by atoms with van der Waals surface area (Å²) in [7, 11) is 0. The minimum absolute atomic E-state index is 0.737. The van der Waals surface area contributed by atoms with Gasteiger partial charge in [-0.15, -0.1) is 13.2 Å². The highest BCUT2D eigenvalue weighted by Gasteiger charge is 2.16. The summed E-state index contributed by atoms with van der Waals surface area (Å²) in [5.74, 6) is 0. The summed E-state index contributed by atoms with van der Waals surface area (Å²) in [5.41, 5.74) is 23.2.